The van der Waals surface area contributed by atoms with E-state index in [9.17, 15) is 4.79 Å². The van der Waals surface area contributed by atoms with E-state index in [1.165, 1.54) is 4.88 Å². The van der Waals surface area contributed by atoms with Crippen molar-refractivity contribution in [1.82, 2.24) is 5.32 Å². The van der Waals surface area contributed by atoms with E-state index >= 15 is 0 Å². The fourth-order valence-corrected chi connectivity index (χ4v) is 2.61. The lowest BCUT2D eigenvalue weighted by Crippen LogP contribution is -2.38. The van der Waals surface area contributed by atoms with E-state index in [4.69, 9.17) is 4.74 Å². The van der Waals surface area contributed by atoms with Crippen molar-refractivity contribution in [3.8, 4) is 0 Å². The molecule has 1 unspecified atom stereocenters. The molecule has 0 aliphatic heterocycles. The summed E-state index contributed by atoms with van der Waals surface area (Å²) in [5.41, 5.74) is -0.434. The number of nitrogens with one attached hydrogen (secondary N) is 1. The first-order chi connectivity index (χ1) is 7.79. The molecule has 0 saturated heterocycles. The molecular formula is C12H18BrNO2S. The van der Waals surface area contributed by atoms with Crippen LogP contribution in [0.5, 0.6) is 0 Å². The van der Waals surface area contributed by atoms with Crippen LogP contribution in [0.3, 0.4) is 0 Å². The first-order valence-electron chi connectivity index (χ1n) is 5.47. The highest BCUT2D eigenvalue weighted by molar-refractivity contribution is 9.10. The molecule has 0 aliphatic carbocycles. The highest BCUT2D eigenvalue weighted by Crippen LogP contribution is 2.22. The van der Waals surface area contributed by atoms with Crippen LogP contribution in [0.15, 0.2) is 15.9 Å². The second-order valence-corrected chi connectivity index (χ2v) is 6.68. The highest BCUT2D eigenvalue weighted by Gasteiger charge is 2.21. The topological polar surface area (TPSA) is 38.3 Å². The largest absolute Gasteiger partial charge is 0.459 e. The quantitative estimate of drug-likeness (QED) is 0.865. The average molecular weight is 320 g/mol. The van der Waals surface area contributed by atoms with Crippen molar-refractivity contribution >= 4 is 33.2 Å². The maximum Gasteiger partial charge on any atom is 0.323 e. The van der Waals surface area contributed by atoms with Gasteiger partial charge in [-0.25, -0.2) is 0 Å². The molecule has 1 rings (SSSR count). The number of hydrogen-bond donors (Lipinski definition) is 1. The fraction of sp³-hybridized carbons (Fsp3) is 0.583. The average Bonchev–Trinajstić information content (AvgIpc) is 2.57. The Morgan fingerprint density at radius 2 is 2.24 bits per heavy atom. The number of carbonyl (C=O) groups is 1. The fourth-order valence-electron chi connectivity index (χ4n) is 1.17. The first-order valence-corrected chi connectivity index (χ1v) is 7.15. The maximum atomic E-state index is 11.7. The number of ether oxygens (including phenoxy) is 1. The predicted molar refractivity (Wildman–Crippen MR) is 74.2 cm³/mol. The van der Waals surface area contributed by atoms with Gasteiger partial charge in [0.25, 0.3) is 0 Å². The van der Waals surface area contributed by atoms with Crippen molar-refractivity contribution in [3.05, 3.63) is 20.8 Å². The van der Waals surface area contributed by atoms with Gasteiger partial charge in [-0.3, -0.25) is 10.1 Å². The molecule has 0 bridgehead atoms. The summed E-state index contributed by atoms with van der Waals surface area (Å²) in [5, 5.41) is 5.17. The zero-order valence-corrected chi connectivity index (χ0v) is 12.9. The molecule has 1 atom stereocenters. The molecule has 1 aromatic rings. The molecule has 5 heteroatoms. The summed E-state index contributed by atoms with van der Waals surface area (Å²) in [7, 11) is 0. The van der Waals surface area contributed by atoms with Gasteiger partial charge >= 0.3 is 5.97 Å². The number of thiophene rings is 1. The van der Waals surface area contributed by atoms with Gasteiger partial charge < -0.3 is 4.74 Å². The van der Waals surface area contributed by atoms with Crippen molar-refractivity contribution in [2.45, 2.75) is 45.9 Å². The smallest absolute Gasteiger partial charge is 0.323 e. The van der Waals surface area contributed by atoms with Crippen molar-refractivity contribution in [2.75, 3.05) is 0 Å². The van der Waals surface area contributed by atoms with E-state index in [0.717, 1.165) is 4.47 Å². The van der Waals surface area contributed by atoms with Gasteiger partial charge in [-0.1, -0.05) is 0 Å². The summed E-state index contributed by atoms with van der Waals surface area (Å²) in [6.45, 7) is 8.09. The predicted octanol–water partition coefficient (Wildman–Crippen LogP) is 3.33. The molecule has 1 N–H and O–H groups in total. The molecule has 17 heavy (non-hydrogen) atoms. The third-order valence-corrected chi connectivity index (χ3v) is 3.95. The molecule has 96 valence electrons. The lowest BCUT2D eigenvalue weighted by molar-refractivity contribution is -0.157. The minimum atomic E-state index is -0.434. The second kappa shape index (κ2) is 5.98. The van der Waals surface area contributed by atoms with Gasteiger partial charge in [0.05, 0.1) is 0 Å². The van der Waals surface area contributed by atoms with E-state index in [-0.39, 0.29) is 12.0 Å². The monoisotopic (exact) mass is 319 g/mol. The van der Waals surface area contributed by atoms with Crippen molar-refractivity contribution in [1.29, 1.82) is 0 Å². The molecule has 0 fully saturated rings. The van der Waals surface area contributed by atoms with Crippen molar-refractivity contribution in [2.24, 2.45) is 0 Å². The minimum absolute atomic E-state index is 0.217. The molecule has 1 heterocycles. The van der Waals surface area contributed by atoms with Gasteiger partial charge in [-0.05, 0) is 55.1 Å². The van der Waals surface area contributed by atoms with E-state index in [1.807, 2.05) is 39.1 Å². The van der Waals surface area contributed by atoms with Gasteiger partial charge in [0.2, 0.25) is 0 Å². The third-order valence-electron chi connectivity index (χ3n) is 2.02. The summed E-state index contributed by atoms with van der Waals surface area (Å²) in [4.78, 5) is 12.9. The molecule has 0 spiro atoms. The highest BCUT2D eigenvalue weighted by atomic mass is 79.9. The summed E-state index contributed by atoms with van der Waals surface area (Å²) in [5.74, 6) is -0.217. The van der Waals surface area contributed by atoms with Crippen LogP contribution < -0.4 is 5.32 Å². The van der Waals surface area contributed by atoms with Gasteiger partial charge in [-0.15, -0.1) is 11.3 Å². The standard InChI is InChI=1S/C12H18BrNO2S/c1-8(11(15)16-12(2,3)4)14-7-10-9(13)5-6-17-10/h5-6,8,14H,7H2,1-4H3. The third kappa shape index (κ3) is 5.19. The van der Waals surface area contributed by atoms with Crippen LogP contribution >= 0.6 is 27.3 Å². The Balaban J connectivity index is 2.42. The molecule has 3 nitrogen and oxygen atoms in total. The van der Waals surface area contributed by atoms with E-state index < -0.39 is 5.60 Å². The maximum absolute atomic E-state index is 11.7. The zero-order chi connectivity index (χ0) is 13.1. The van der Waals surface area contributed by atoms with Crippen LogP contribution in [0, 0.1) is 0 Å². The Labute approximate surface area is 115 Å². The van der Waals surface area contributed by atoms with Crippen LogP contribution in [-0.2, 0) is 16.1 Å². The van der Waals surface area contributed by atoms with Gasteiger partial charge in [0.1, 0.15) is 11.6 Å². The normalized spacial score (nSPS) is 13.5. The number of esters is 1. The molecule has 0 aromatic carbocycles. The van der Waals surface area contributed by atoms with Crippen molar-refractivity contribution in [3.63, 3.8) is 0 Å². The Kier molecular flexibility index (Phi) is 5.16. The minimum Gasteiger partial charge on any atom is -0.459 e. The first kappa shape index (κ1) is 14.7. The van der Waals surface area contributed by atoms with Crippen LogP contribution in [0.2, 0.25) is 0 Å². The van der Waals surface area contributed by atoms with Gasteiger partial charge in [0, 0.05) is 15.9 Å². The summed E-state index contributed by atoms with van der Waals surface area (Å²) in [6, 6.07) is 1.70. The van der Waals surface area contributed by atoms with Crippen LogP contribution in [-0.4, -0.2) is 17.6 Å². The number of halogens is 1. The lowest BCUT2D eigenvalue weighted by atomic mass is 10.2. The molecule has 1 aromatic heterocycles. The van der Waals surface area contributed by atoms with Crippen LogP contribution in [0.25, 0.3) is 0 Å². The van der Waals surface area contributed by atoms with Crippen LogP contribution in [0.1, 0.15) is 32.6 Å². The Morgan fingerprint density at radius 3 is 2.71 bits per heavy atom. The van der Waals surface area contributed by atoms with Gasteiger partial charge in [0.15, 0.2) is 0 Å². The van der Waals surface area contributed by atoms with E-state index in [2.05, 4.69) is 21.2 Å². The Bertz CT molecular complexity index is 384. The summed E-state index contributed by atoms with van der Waals surface area (Å²) >= 11 is 5.11. The van der Waals surface area contributed by atoms with Crippen LogP contribution in [0.4, 0.5) is 0 Å². The second-order valence-electron chi connectivity index (χ2n) is 4.83. The van der Waals surface area contributed by atoms with E-state index in [1.54, 1.807) is 11.3 Å². The lowest BCUT2D eigenvalue weighted by Gasteiger charge is -2.22. The Hall–Kier alpha value is -0.390. The molecular weight excluding hydrogens is 302 g/mol. The molecule has 0 radical (unpaired) electrons. The molecule has 0 saturated carbocycles. The molecule has 0 aliphatic rings. The molecule has 0 amide bonds. The Morgan fingerprint density at radius 1 is 1.59 bits per heavy atom. The zero-order valence-electron chi connectivity index (χ0n) is 10.5. The number of hydrogen-bond acceptors (Lipinski definition) is 4. The summed E-state index contributed by atoms with van der Waals surface area (Å²) in [6.07, 6.45) is 0. The summed E-state index contributed by atoms with van der Waals surface area (Å²) < 4.78 is 6.37. The SMILES string of the molecule is CC(NCc1sccc1Br)C(=O)OC(C)(C)C. The number of carbonyl (C=O) groups excluding carboxylic acids is 1. The number of rotatable bonds is 4. The van der Waals surface area contributed by atoms with Gasteiger partial charge in [-0.2, -0.15) is 0 Å². The van der Waals surface area contributed by atoms with Crippen molar-refractivity contribution < 1.29 is 9.53 Å². The van der Waals surface area contributed by atoms with E-state index in [0.29, 0.717) is 6.54 Å².